The Bertz CT molecular complexity index is 389. The van der Waals surface area contributed by atoms with Gasteiger partial charge in [-0.25, -0.2) is 0 Å². The zero-order valence-electron chi connectivity index (χ0n) is 6.52. The number of nitriles is 1. The van der Waals surface area contributed by atoms with Crippen molar-refractivity contribution in [2.45, 2.75) is 13.3 Å². The van der Waals surface area contributed by atoms with Gasteiger partial charge in [-0.1, -0.05) is 18.5 Å². The molecular formula is C8H7ClN2O. The molecule has 1 N–H and O–H groups in total. The molecular weight excluding hydrogens is 176 g/mol. The van der Waals surface area contributed by atoms with Gasteiger partial charge in [0.2, 0.25) is 0 Å². The fourth-order valence-electron chi connectivity index (χ4n) is 0.884. The van der Waals surface area contributed by atoms with Gasteiger partial charge in [0.05, 0.1) is 5.02 Å². The summed E-state index contributed by atoms with van der Waals surface area (Å²) in [5.74, 6) is 0. The Morgan fingerprint density at radius 3 is 2.92 bits per heavy atom. The summed E-state index contributed by atoms with van der Waals surface area (Å²) in [5.41, 5.74) is 0.344. The lowest BCUT2D eigenvalue weighted by molar-refractivity contribution is 1.01. The van der Waals surface area contributed by atoms with Crippen LogP contribution in [0.25, 0.3) is 0 Å². The molecule has 0 bridgehead atoms. The minimum atomic E-state index is -0.376. The molecule has 62 valence electrons. The number of H-pyrrole nitrogens is 1. The van der Waals surface area contributed by atoms with Gasteiger partial charge in [0.1, 0.15) is 11.6 Å². The van der Waals surface area contributed by atoms with Gasteiger partial charge in [-0.3, -0.25) is 4.79 Å². The number of pyridine rings is 1. The molecule has 0 atom stereocenters. The minimum Gasteiger partial charge on any atom is -0.324 e. The third kappa shape index (κ3) is 1.49. The van der Waals surface area contributed by atoms with E-state index in [2.05, 4.69) is 4.98 Å². The maximum atomic E-state index is 11.0. The first-order chi connectivity index (χ1) is 5.69. The van der Waals surface area contributed by atoms with Crippen LogP contribution in [0.3, 0.4) is 0 Å². The van der Waals surface area contributed by atoms with Crippen LogP contribution in [0.4, 0.5) is 0 Å². The monoisotopic (exact) mass is 182 g/mol. The Kier molecular flexibility index (Phi) is 2.51. The van der Waals surface area contributed by atoms with Crippen LogP contribution in [0.2, 0.25) is 5.02 Å². The molecule has 0 spiro atoms. The molecule has 1 aromatic heterocycles. The van der Waals surface area contributed by atoms with Gasteiger partial charge in [-0.05, 0) is 12.5 Å². The average molecular weight is 183 g/mol. The van der Waals surface area contributed by atoms with Crippen molar-refractivity contribution in [1.82, 2.24) is 4.98 Å². The Morgan fingerprint density at radius 1 is 1.75 bits per heavy atom. The highest BCUT2D eigenvalue weighted by atomic mass is 35.5. The smallest absolute Gasteiger partial charge is 0.266 e. The van der Waals surface area contributed by atoms with E-state index in [4.69, 9.17) is 16.9 Å². The Hall–Kier alpha value is -1.27. The first kappa shape index (κ1) is 8.82. The molecule has 0 aromatic carbocycles. The van der Waals surface area contributed by atoms with Crippen molar-refractivity contribution >= 4 is 11.6 Å². The van der Waals surface area contributed by atoms with E-state index in [-0.39, 0.29) is 11.1 Å². The number of aromatic amines is 1. The largest absolute Gasteiger partial charge is 0.324 e. The van der Waals surface area contributed by atoms with Crippen molar-refractivity contribution in [1.29, 1.82) is 5.26 Å². The van der Waals surface area contributed by atoms with E-state index >= 15 is 0 Å². The van der Waals surface area contributed by atoms with Crippen LogP contribution in [-0.2, 0) is 6.42 Å². The molecule has 0 saturated heterocycles. The summed E-state index contributed by atoms with van der Waals surface area (Å²) >= 11 is 5.76. The summed E-state index contributed by atoms with van der Waals surface area (Å²) in [6.07, 6.45) is 0.653. The SMILES string of the molecule is CCc1[nH]c(=O)c(C#N)cc1Cl. The van der Waals surface area contributed by atoms with Crippen molar-refractivity contribution < 1.29 is 0 Å². The molecule has 0 aliphatic rings. The van der Waals surface area contributed by atoms with E-state index in [1.54, 1.807) is 6.07 Å². The molecule has 0 radical (unpaired) electrons. The molecule has 0 saturated carbocycles. The number of nitrogens with one attached hydrogen (secondary N) is 1. The lowest BCUT2D eigenvalue weighted by atomic mass is 10.2. The van der Waals surface area contributed by atoms with Gasteiger partial charge in [-0.15, -0.1) is 0 Å². The van der Waals surface area contributed by atoms with Crippen LogP contribution in [0.1, 0.15) is 18.2 Å². The van der Waals surface area contributed by atoms with Crippen molar-refractivity contribution in [3.63, 3.8) is 0 Å². The minimum absolute atomic E-state index is 0.0530. The lowest BCUT2D eigenvalue weighted by Gasteiger charge is -1.99. The lowest BCUT2D eigenvalue weighted by Crippen LogP contribution is -2.12. The van der Waals surface area contributed by atoms with E-state index in [1.807, 2.05) is 6.92 Å². The van der Waals surface area contributed by atoms with Crippen molar-refractivity contribution in [2.75, 3.05) is 0 Å². The standard InChI is InChI=1S/C8H7ClN2O/c1-2-7-6(9)3-5(4-10)8(12)11-7/h3H,2H2,1H3,(H,11,12). The molecule has 3 nitrogen and oxygen atoms in total. The van der Waals surface area contributed by atoms with Crippen LogP contribution < -0.4 is 5.56 Å². The van der Waals surface area contributed by atoms with Crippen molar-refractivity contribution in [2.24, 2.45) is 0 Å². The zero-order chi connectivity index (χ0) is 9.14. The number of hydrogen-bond acceptors (Lipinski definition) is 2. The van der Waals surface area contributed by atoms with Crippen LogP contribution in [-0.4, -0.2) is 4.98 Å². The summed E-state index contributed by atoms with van der Waals surface area (Å²) in [6, 6.07) is 3.15. The van der Waals surface area contributed by atoms with E-state index in [0.717, 1.165) is 0 Å². The topological polar surface area (TPSA) is 56.6 Å². The fraction of sp³-hybridized carbons (Fsp3) is 0.250. The van der Waals surface area contributed by atoms with Gasteiger partial charge >= 0.3 is 0 Å². The molecule has 0 aliphatic heterocycles. The highest BCUT2D eigenvalue weighted by molar-refractivity contribution is 6.31. The van der Waals surface area contributed by atoms with Gasteiger partial charge < -0.3 is 4.98 Å². The summed E-state index contributed by atoms with van der Waals surface area (Å²) in [7, 11) is 0. The zero-order valence-corrected chi connectivity index (χ0v) is 7.27. The van der Waals surface area contributed by atoms with Crippen molar-refractivity contribution in [3.05, 3.63) is 32.7 Å². The maximum Gasteiger partial charge on any atom is 0.266 e. The predicted octanol–water partition coefficient (Wildman–Crippen LogP) is 1.46. The molecule has 0 amide bonds. The average Bonchev–Trinajstić information content (AvgIpc) is 2.08. The molecule has 1 rings (SSSR count). The quantitative estimate of drug-likeness (QED) is 0.715. The molecule has 0 aliphatic carbocycles. The molecule has 0 fully saturated rings. The summed E-state index contributed by atoms with van der Waals surface area (Å²) < 4.78 is 0. The number of aromatic nitrogens is 1. The number of nitrogens with zero attached hydrogens (tertiary/aromatic N) is 1. The highest BCUT2D eigenvalue weighted by Crippen LogP contribution is 2.12. The summed E-state index contributed by atoms with van der Waals surface area (Å²) in [5, 5.41) is 8.92. The van der Waals surface area contributed by atoms with E-state index in [1.165, 1.54) is 6.07 Å². The summed E-state index contributed by atoms with van der Waals surface area (Å²) in [6.45, 7) is 1.88. The normalized spacial score (nSPS) is 9.42. The Balaban J connectivity index is 3.39. The third-order valence-electron chi connectivity index (χ3n) is 1.54. The molecule has 0 unspecified atom stereocenters. The van der Waals surface area contributed by atoms with Crippen LogP contribution in [0.5, 0.6) is 0 Å². The number of aryl methyl sites for hydroxylation is 1. The summed E-state index contributed by atoms with van der Waals surface area (Å²) in [4.78, 5) is 13.6. The van der Waals surface area contributed by atoms with Gasteiger partial charge in [0, 0.05) is 5.69 Å². The second-order valence-electron chi connectivity index (χ2n) is 2.30. The van der Waals surface area contributed by atoms with Crippen LogP contribution in [0.15, 0.2) is 10.9 Å². The predicted molar refractivity (Wildman–Crippen MR) is 46.2 cm³/mol. The van der Waals surface area contributed by atoms with Gasteiger partial charge in [0.15, 0.2) is 0 Å². The number of hydrogen-bond donors (Lipinski definition) is 1. The van der Waals surface area contributed by atoms with Crippen molar-refractivity contribution in [3.8, 4) is 6.07 Å². The molecule has 4 heteroatoms. The third-order valence-corrected chi connectivity index (χ3v) is 1.88. The second kappa shape index (κ2) is 3.42. The van der Waals surface area contributed by atoms with E-state index < -0.39 is 0 Å². The van der Waals surface area contributed by atoms with Crippen LogP contribution >= 0.6 is 11.6 Å². The first-order valence-corrected chi connectivity index (χ1v) is 3.88. The van der Waals surface area contributed by atoms with Gasteiger partial charge in [-0.2, -0.15) is 5.26 Å². The molecule has 1 aromatic rings. The van der Waals surface area contributed by atoms with Crippen LogP contribution in [0, 0.1) is 11.3 Å². The maximum absolute atomic E-state index is 11.0. The molecule has 12 heavy (non-hydrogen) atoms. The number of halogens is 1. The Morgan fingerprint density at radius 2 is 2.42 bits per heavy atom. The molecule has 1 heterocycles. The fourth-order valence-corrected chi connectivity index (χ4v) is 1.17. The van der Waals surface area contributed by atoms with E-state index in [0.29, 0.717) is 17.1 Å². The highest BCUT2D eigenvalue weighted by Gasteiger charge is 2.03. The second-order valence-corrected chi connectivity index (χ2v) is 2.71. The van der Waals surface area contributed by atoms with E-state index in [9.17, 15) is 4.79 Å². The Labute approximate surface area is 74.6 Å². The first-order valence-electron chi connectivity index (χ1n) is 3.50. The van der Waals surface area contributed by atoms with Gasteiger partial charge in [0.25, 0.3) is 5.56 Å². The number of rotatable bonds is 1.